The standard InChI is InChI=1S/C8H19NO3S/c1-4-5-7(2)9-13(11,12)8(3)6-10/h7-10H,4-6H2,1-3H3. The van der Waals surface area contributed by atoms with E-state index in [1.54, 1.807) is 0 Å². The number of sulfonamides is 1. The molecular weight excluding hydrogens is 190 g/mol. The van der Waals surface area contributed by atoms with Gasteiger partial charge in [-0.05, 0) is 20.3 Å². The summed E-state index contributed by atoms with van der Waals surface area (Å²) < 4.78 is 25.3. The Morgan fingerprint density at radius 1 is 1.38 bits per heavy atom. The fourth-order valence-corrected chi connectivity index (χ4v) is 2.09. The maximum Gasteiger partial charge on any atom is 0.216 e. The highest BCUT2D eigenvalue weighted by Crippen LogP contribution is 2.02. The third kappa shape index (κ3) is 4.59. The minimum absolute atomic E-state index is 0.0519. The quantitative estimate of drug-likeness (QED) is 0.668. The van der Waals surface area contributed by atoms with Crippen LogP contribution in [0.3, 0.4) is 0 Å². The molecule has 0 aromatic rings. The summed E-state index contributed by atoms with van der Waals surface area (Å²) in [5, 5.41) is 7.96. The molecule has 0 radical (unpaired) electrons. The van der Waals surface area contributed by atoms with Crippen LogP contribution in [0.15, 0.2) is 0 Å². The summed E-state index contributed by atoms with van der Waals surface area (Å²) in [6, 6.07) is -0.0519. The maximum absolute atomic E-state index is 11.4. The number of hydrogen-bond donors (Lipinski definition) is 2. The molecule has 0 rings (SSSR count). The van der Waals surface area contributed by atoms with Gasteiger partial charge in [-0.3, -0.25) is 0 Å². The first-order chi connectivity index (χ1) is 5.94. The fourth-order valence-electron chi connectivity index (χ4n) is 0.987. The second-order valence-electron chi connectivity index (χ2n) is 3.35. The van der Waals surface area contributed by atoms with E-state index in [0.717, 1.165) is 12.8 Å². The lowest BCUT2D eigenvalue weighted by Crippen LogP contribution is -2.39. The average Bonchev–Trinajstić information content (AvgIpc) is 2.02. The molecule has 0 fully saturated rings. The van der Waals surface area contributed by atoms with Crippen molar-refractivity contribution < 1.29 is 13.5 Å². The molecule has 0 heterocycles. The van der Waals surface area contributed by atoms with E-state index in [-0.39, 0.29) is 12.6 Å². The van der Waals surface area contributed by atoms with Gasteiger partial charge in [0.1, 0.15) is 0 Å². The van der Waals surface area contributed by atoms with Crippen molar-refractivity contribution in [1.29, 1.82) is 0 Å². The van der Waals surface area contributed by atoms with E-state index in [2.05, 4.69) is 4.72 Å². The highest BCUT2D eigenvalue weighted by molar-refractivity contribution is 7.90. The molecule has 0 aromatic heterocycles. The number of rotatable bonds is 6. The van der Waals surface area contributed by atoms with Crippen molar-refractivity contribution in [2.75, 3.05) is 6.61 Å². The van der Waals surface area contributed by atoms with Crippen LogP contribution < -0.4 is 4.72 Å². The third-order valence-corrected chi connectivity index (χ3v) is 3.81. The molecule has 2 unspecified atom stereocenters. The molecule has 0 aliphatic carbocycles. The van der Waals surface area contributed by atoms with Crippen LogP contribution in [0.2, 0.25) is 0 Å². The number of aliphatic hydroxyl groups is 1. The predicted molar refractivity (Wildman–Crippen MR) is 53.0 cm³/mol. The number of nitrogens with one attached hydrogen (secondary N) is 1. The van der Waals surface area contributed by atoms with Gasteiger partial charge in [0, 0.05) is 6.04 Å². The van der Waals surface area contributed by atoms with E-state index in [0.29, 0.717) is 0 Å². The van der Waals surface area contributed by atoms with E-state index >= 15 is 0 Å². The lowest BCUT2D eigenvalue weighted by Gasteiger charge is -2.16. The van der Waals surface area contributed by atoms with Gasteiger partial charge < -0.3 is 5.11 Å². The molecule has 0 aliphatic rings. The zero-order valence-corrected chi connectivity index (χ0v) is 9.26. The zero-order valence-electron chi connectivity index (χ0n) is 8.45. The van der Waals surface area contributed by atoms with E-state index in [1.807, 2.05) is 13.8 Å². The second kappa shape index (κ2) is 5.57. The van der Waals surface area contributed by atoms with Gasteiger partial charge in [0.25, 0.3) is 0 Å². The van der Waals surface area contributed by atoms with E-state index in [1.165, 1.54) is 6.92 Å². The fraction of sp³-hybridized carbons (Fsp3) is 1.00. The first-order valence-electron chi connectivity index (χ1n) is 4.56. The molecule has 0 aliphatic heterocycles. The van der Waals surface area contributed by atoms with Gasteiger partial charge in [-0.25, -0.2) is 13.1 Å². The van der Waals surface area contributed by atoms with E-state index in [4.69, 9.17) is 5.11 Å². The topological polar surface area (TPSA) is 66.4 Å². The Labute approximate surface area is 80.4 Å². The molecule has 0 bridgehead atoms. The van der Waals surface area contributed by atoms with Crippen molar-refractivity contribution in [3.8, 4) is 0 Å². The molecule has 0 aromatic carbocycles. The summed E-state index contributed by atoms with van der Waals surface area (Å²) in [7, 11) is -3.33. The Balaban J connectivity index is 4.17. The molecule has 2 N–H and O–H groups in total. The average molecular weight is 209 g/mol. The first-order valence-corrected chi connectivity index (χ1v) is 6.10. The van der Waals surface area contributed by atoms with Crippen LogP contribution in [0.5, 0.6) is 0 Å². The monoisotopic (exact) mass is 209 g/mol. The number of aliphatic hydroxyl groups excluding tert-OH is 1. The molecule has 5 heteroatoms. The summed E-state index contributed by atoms with van der Waals surface area (Å²) in [6.45, 7) is 4.97. The molecule has 0 saturated heterocycles. The van der Waals surface area contributed by atoms with Crippen LogP contribution in [0.1, 0.15) is 33.6 Å². The minimum atomic E-state index is -3.33. The van der Waals surface area contributed by atoms with E-state index in [9.17, 15) is 8.42 Å². The van der Waals surface area contributed by atoms with Crippen molar-refractivity contribution in [3.63, 3.8) is 0 Å². The highest BCUT2D eigenvalue weighted by Gasteiger charge is 2.21. The van der Waals surface area contributed by atoms with Crippen LogP contribution in [-0.4, -0.2) is 31.4 Å². The van der Waals surface area contributed by atoms with Gasteiger partial charge in [-0.2, -0.15) is 0 Å². The molecule has 4 nitrogen and oxygen atoms in total. The Bertz CT molecular complexity index is 226. The van der Waals surface area contributed by atoms with Crippen LogP contribution in [0.25, 0.3) is 0 Å². The van der Waals surface area contributed by atoms with Gasteiger partial charge in [0.2, 0.25) is 10.0 Å². The molecule has 80 valence electrons. The van der Waals surface area contributed by atoms with Gasteiger partial charge in [0.15, 0.2) is 0 Å². The summed E-state index contributed by atoms with van der Waals surface area (Å²) in [6.07, 6.45) is 1.76. The van der Waals surface area contributed by atoms with Crippen LogP contribution in [-0.2, 0) is 10.0 Å². The molecule has 13 heavy (non-hydrogen) atoms. The van der Waals surface area contributed by atoms with Crippen molar-refractivity contribution >= 4 is 10.0 Å². The predicted octanol–water partition coefficient (Wildman–Crippen LogP) is 0.475. The van der Waals surface area contributed by atoms with Gasteiger partial charge in [-0.15, -0.1) is 0 Å². The van der Waals surface area contributed by atoms with Crippen molar-refractivity contribution in [3.05, 3.63) is 0 Å². The number of hydrogen-bond acceptors (Lipinski definition) is 3. The van der Waals surface area contributed by atoms with Crippen LogP contribution in [0, 0.1) is 0 Å². The summed E-state index contributed by atoms with van der Waals surface area (Å²) >= 11 is 0. The van der Waals surface area contributed by atoms with Crippen molar-refractivity contribution in [1.82, 2.24) is 4.72 Å². The largest absolute Gasteiger partial charge is 0.395 e. The Morgan fingerprint density at radius 3 is 2.31 bits per heavy atom. The molecule has 0 amide bonds. The van der Waals surface area contributed by atoms with Gasteiger partial charge in [-0.1, -0.05) is 13.3 Å². The molecule has 0 saturated carbocycles. The molecule has 2 atom stereocenters. The highest BCUT2D eigenvalue weighted by atomic mass is 32.2. The molecule has 0 spiro atoms. The Kier molecular flexibility index (Phi) is 5.51. The Hall–Kier alpha value is -0.130. The normalized spacial score (nSPS) is 16.9. The summed E-state index contributed by atoms with van der Waals surface area (Å²) in [5.41, 5.74) is 0. The molecular formula is C8H19NO3S. The van der Waals surface area contributed by atoms with Crippen molar-refractivity contribution in [2.24, 2.45) is 0 Å². The van der Waals surface area contributed by atoms with E-state index < -0.39 is 15.3 Å². The Morgan fingerprint density at radius 2 is 1.92 bits per heavy atom. The van der Waals surface area contributed by atoms with Crippen LogP contribution >= 0.6 is 0 Å². The summed E-state index contributed by atoms with van der Waals surface area (Å²) in [4.78, 5) is 0. The lowest BCUT2D eigenvalue weighted by molar-refractivity contribution is 0.294. The van der Waals surface area contributed by atoms with Crippen LogP contribution in [0.4, 0.5) is 0 Å². The van der Waals surface area contributed by atoms with Gasteiger partial charge in [0.05, 0.1) is 11.9 Å². The SMILES string of the molecule is CCCC(C)NS(=O)(=O)C(C)CO. The minimum Gasteiger partial charge on any atom is -0.395 e. The zero-order chi connectivity index (χ0) is 10.5. The smallest absolute Gasteiger partial charge is 0.216 e. The lowest BCUT2D eigenvalue weighted by atomic mass is 10.2. The van der Waals surface area contributed by atoms with Gasteiger partial charge >= 0.3 is 0 Å². The maximum atomic E-state index is 11.4. The third-order valence-electron chi connectivity index (χ3n) is 1.87. The summed E-state index contributed by atoms with van der Waals surface area (Å²) in [5.74, 6) is 0. The second-order valence-corrected chi connectivity index (χ2v) is 5.48. The van der Waals surface area contributed by atoms with Crippen molar-refractivity contribution in [2.45, 2.75) is 44.9 Å². The first kappa shape index (κ1) is 12.9.